The third kappa shape index (κ3) is 3.09. The first kappa shape index (κ1) is 16.3. The van der Waals surface area contributed by atoms with Crippen molar-refractivity contribution in [2.75, 3.05) is 12.8 Å². The van der Waals surface area contributed by atoms with Crippen LogP contribution in [0.4, 0.5) is 5.69 Å². The van der Waals surface area contributed by atoms with Crippen LogP contribution in [0.1, 0.15) is 43.7 Å². The fourth-order valence-corrected chi connectivity index (χ4v) is 5.01. The number of aryl methyl sites for hydroxylation is 2. The van der Waals surface area contributed by atoms with E-state index in [-0.39, 0.29) is 10.9 Å². The highest BCUT2D eigenvalue weighted by atomic mass is 32.2. The molecule has 0 saturated heterocycles. The van der Waals surface area contributed by atoms with Crippen LogP contribution in [0.5, 0.6) is 0 Å². The van der Waals surface area contributed by atoms with Gasteiger partial charge in [0, 0.05) is 13.1 Å². The van der Waals surface area contributed by atoms with E-state index in [1.807, 2.05) is 19.1 Å². The minimum Gasteiger partial charge on any atom is -0.397 e. The van der Waals surface area contributed by atoms with Crippen LogP contribution in [0.2, 0.25) is 0 Å². The first-order valence-corrected chi connectivity index (χ1v) is 9.03. The van der Waals surface area contributed by atoms with E-state index in [2.05, 4.69) is 6.92 Å². The summed E-state index contributed by atoms with van der Waals surface area (Å²) in [6.07, 6.45) is 4.15. The first-order chi connectivity index (χ1) is 9.75. The molecular weight excluding hydrogens is 284 g/mol. The Hall–Kier alpha value is -1.07. The summed E-state index contributed by atoms with van der Waals surface area (Å²) in [6, 6.07) is 3.78. The lowest BCUT2D eigenvalue weighted by Gasteiger charge is -2.34. The smallest absolute Gasteiger partial charge is 0.245 e. The predicted molar refractivity (Wildman–Crippen MR) is 86.7 cm³/mol. The van der Waals surface area contributed by atoms with Gasteiger partial charge in [-0.15, -0.1) is 0 Å². The van der Waals surface area contributed by atoms with Crippen molar-refractivity contribution in [1.29, 1.82) is 0 Å². The summed E-state index contributed by atoms with van der Waals surface area (Å²) in [5.41, 5.74) is 7.96. The molecule has 1 aliphatic carbocycles. The molecule has 5 heteroatoms. The lowest BCUT2D eigenvalue weighted by Crippen LogP contribution is -2.40. The summed E-state index contributed by atoms with van der Waals surface area (Å²) >= 11 is 0. The number of rotatable bonds is 3. The van der Waals surface area contributed by atoms with Gasteiger partial charge in [0.1, 0.15) is 4.90 Å². The van der Waals surface area contributed by atoms with E-state index in [9.17, 15) is 8.42 Å². The van der Waals surface area contributed by atoms with Crippen molar-refractivity contribution in [1.82, 2.24) is 4.31 Å². The van der Waals surface area contributed by atoms with Crippen molar-refractivity contribution in [3.63, 3.8) is 0 Å². The summed E-state index contributed by atoms with van der Waals surface area (Å²) in [5, 5.41) is 0. The summed E-state index contributed by atoms with van der Waals surface area (Å²) in [6.45, 7) is 5.84. The fraction of sp³-hybridized carbons (Fsp3) is 0.625. The first-order valence-electron chi connectivity index (χ1n) is 7.59. The molecular formula is C16H26N2O2S. The zero-order valence-corrected chi connectivity index (χ0v) is 14.2. The largest absolute Gasteiger partial charge is 0.397 e. The van der Waals surface area contributed by atoms with Gasteiger partial charge >= 0.3 is 0 Å². The minimum atomic E-state index is -3.54. The van der Waals surface area contributed by atoms with Crippen molar-refractivity contribution in [3.05, 3.63) is 23.3 Å². The molecule has 21 heavy (non-hydrogen) atoms. The van der Waals surface area contributed by atoms with Gasteiger partial charge in [0.05, 0.1) is 5.69 Å². The molecule has 1 aromatic carbocycles. The van der Waals surface area contributed by atoms with E-state index < -0.39 is 10.0 Å². The molecule has 2 rings (SSSR count). The Balaban J connectivity index is 2.40. The van der Waals surface area contributed by atoms with Crippen molar-refractivity contribution in [2.45, 2.75) is 57.4 Å². The normalized spacial score (nSPS) is 23.5. The zero-order valence-electron chi connectivity index (χ0n) is 13.4. The molecule has 1 fully saturated rings. The number of hydrogen-bond acceptors (Lipinski definition) is 3. The van der Waals surface area contributed by atoms with Gasteiger partial charge < -0.3 is 5.73 Å². The number of benzene rings is 1. The lowest BCUT2D eigenvalue weighted by atomic mass is 9.87. The Labute approximate surface area is 128 Å². The standard InChI is InChI=1S/C16H26N2O2S/c1-11-6-5-7-14(10-11)18(4)21(19,20)16-13(3)9-8-12(2)15(16)17/h8-9,11,14H,5-7,10,17H2,1-4H3. The Morgan fingerprint density at radius 2 is 1.81 bits per heavy atom. The van der Waals surface area contributed by atoms with Crippen LogP contribution in [0, 0.1) is 19.8 Å². The molecule has 1 saturated carbocycles. The van der Waals surface area contributed by atoms with Crippen LogP contribution < -0.4 is 5.73 Å². The Kier molecular flexibility index (Phi) is 4.63. The van der Waals surface area contributed by atoms with Gasteiger partial charge in [0.15, 0.2) is 0 Å². The molecule has 2 unspecified atom stereocenters. The zero-order chi connectivity index (χ0) is 15.8. The van der Waals surface area contributed by atoms with Crippen LogP contribution in [0.25, 0.3) is 0 Å². The van der Waals surface area contributed by atoms with Gasteiger partial charge in [-0.25, -0.2) is 8.42 Å². The van der Waals surface area contributed by atoms with E-state index >= 15 is 0 Å². The Morgan fingerprint density at radius 1 is 1.19 bits per heavy atom. The highest BCUT2D eigenvalue weighted by Crippen LogP contribution is 2.33. The highest BCUT2D eigenvalue weighted by molar-refractivity contribution is 7.89. The topological polar surface area (TPSA) is 63.4 Å². The van der Waals surface area contributed by atoms with Crippen LogP contribution >= 0.6 is 0 Å². The van der Waals surface area contributed by atoms with Crippen LogP contribution in [-0.4, -0.2) is 25.8 Å². The third-order valence-electron chi connectivity index (χ3n) is 4.67. The molecule has 0 radical (unpaired) electrons. The Bertz CT molecular complexity index is 625. The molecule has 2 N–H and O–H groups in total. The van der Waals surface area contributed by atoms with Crippen LogP contribution in [0.15, 0.2) is 17.0 Å². The number of nitrogen functional groups attached to an aromatic ring is 1. The van der Waals surface area contributed by atoms with Gasteiger partial charge in [-0.05, 0) is 43.7 Å². The average molecular weight is 310 g/mol. The second-order valence-electron chi connectivity index (χ2n) is 6.39. The molecule has 0 aromatic heterocycles. The third-order valence-corrected chi connectivity index (χ3v) is 6.79. The molecule has 0 aliphatic heterocycles. The van der Waals surface area contributed by atoms with E-state index in [4.69, 9.17) is 5.73 Å². The van der Waals surface area contributed by atoms with E-state index in [1.165, 1.54) is 6.42 Å². The van der Waals surface area contributed by atoms with Crippen molar-refractivity contribution >= 4 is 15.7 Å². The Morgan fingerprint density at radius 3 is 2.43 bits per heavy atom. The molecule has 4 nitrogen and oxygen atoms in total. The number of nitrogens with two attached hydrogens (primary N) is 1. The van der Waals surface area contributed by atoms with Gasteiger partial charge in [-0.1, -0.05) is 31.9 Å². The van der Waals surface area contributed by atoms with E-state index in [1.54, 1.807) is 18.3 Å². The second kappa shape index (κ2) is 5.97. The highest BCUT2D eigenvalue weighted by Gasteiger charge is 2.33. The second-order valence-corrected chi connectivity index (χ2v) is 8.32. The SMILES string of the molecule is Cc1ccc(C)c(S(=O)(=O)N(C)C2CCCC(C)C2)c1N. The monoisotopic (exact) mass is 310 g/mol. The molecule has 0 heterocycles. The maximum atomic E-state index is 13.0. The molecule has 0 bridgehead atoms. The van der Waals surface area contributed by atoms with Gasteiger partial charge in [0.2, 0.25) is 10.0 Å². The number of sulfonamides is 1. The van der Waals surface area contributed by atoms with Gasteiger partial charge in [0.25, 0.3) is 0 Å². The quantitative estimate of drug-likeness (QED) is 0.873. The predicted octanol–water partition coefficient (Wildman–Crippen LogP) is 3.08. The molecule has 0 spiro atoms. The van der Waals surface area contributed by atoms with Crippen LogP contribution in [0.3, 0.4) is 0 Å². The van der Waals surface area contributed by atoms with Crippen molar-refractivity contribution in [3.8, 4) is 0 Å². The molecule has 0 amide bonds. The average Bonchev–Trinajstić information content (AvgIpc) is 2.42. The molecule has 1 aliphatic rings. The van der Waals surface area contributed by atoms with Crippen molar-refractivity contribution in [2.24, 2.45) is 5.92 Å². The van der Waals surface area contributed by atoms with Crippen LogP contribution in [-0.2, 0) is 10.0 Å². The summed E-state index contributed by atoms with van der Waals surface area (Å²) < 4.78 is 27.5. The lowest BCUT2D eigenvalue weighted by molar-refractivity contribution is 0.239. The summed E-state index contributed by atoms with van der Waals surface area (Å²) in [5.74, 6) is 0.581. The number of nitrogens with zero attached hydrogens (tertiary/aromatic N) is 1. The van der Waals surface area contributed by atoms with Gasteiger partial charge in [-0.2, -0.15) is 4.31 Å². The number of hydrogen-bond donors (Lipinski definition) is 1. The van der Waals surface area contributed by atoms with E-state index in [0.717, 1.165) is 24.8 Å². The summed E-state index contributed by atoms with van der Waals surface area (Å²) in [4.78, 5) is 0.281. The van der Waals surface area contributed by atoms with Crippen molar-refractivity contribution < 1.29 is 8.42 Å². The van der Waals surface area contributed by atoms with E-state index in [0.29, 0.717) is 17.2 Å². The molecule has 2 atom stereocenters. The number of anilines is 1. The minimum absolute atomic E-state index is 0.0815. The molecule has 1 aromatic rings. The fourth-order valence-electron chi connectivity index (χ4n) is 3.22. The van der Waals surface area contributed by atoms with Gasteiger partial charge in [-0.3, -0.25) is 0 Å². The maximum absolute atomic E-state index is 13.0. The molecule has 118 valence electrons. The maximum Gasteiger partial charge on any atom is 0.245 e. The summed E-state index contributed by atoms with van der Waals surface area (Å²) in [7, 11) is -1.84.